The van der Waals surface area contributed by atoms with E-state index in [0.717, 1.165) is 24.1 Å². The predicted octanol–water partition coefficient (Wildman–Crippen LogP) is 0.512. The molecule has 4 rings (SSSR count). The zero-order valence-corrected chi connectivity index (χ0v) is 18.5. The largest absolute Gasteiger partial charge is 0.345 e. The van der Waals surface area contributed by atoms with Crippen LogP contribution in [-0.2, 0) is 29.1 Å². The first-order valence-corrected chi connectivity index (χ1v) is 10.9. The Morgan fingerprint density at radius 1 is 1.06 bits per heavy atom. The number of aryl methyl sites for hydroxylation is 1. The Balaban J connectivity index is 1.13. The van der Waals surface area contributed by atoms with E-state index in [4.69, 9.17) is 0 Å². The van der Waals surface area contributed by atoms with Crippen molar-refractivity contribution in [3.05, 3.63) is 78.3 Å². The van der Waals surface area contributed by atoms with Gasteiger partial charge >= 0.3 is 0 Å². The highest BCUT2D eigenvalue weighted by molar-refractivity contribution is 5.92. The lowest BCUT2D eigenvalue weighted by Gasteiger charge is -2.14. The Hall–Kier alpha value is -4.32. The molecule has 4 heterocycles. The van der Waals surface area contributed by atoms with E-state index in [1.807, 2.05) is 29.3 Å². The molecule has 4 N–H and O–H groups in total. The minimum Gasteiger partial charge on any atom is -0.345 e. The molecule has 0 aromatic carbocycles. The number of hydrazine groups is 2. The molecule has 0 bridgehead atoms. The standard InChI is InChI=1S/C22H26N10O2/c33-21(12-17-6-5-8-23-13-17)26-20-16-32(30-28-20)11-4-3-10-31-15-19(27-29-31)22(34)25-14-18-7-1-2-9-24-18/h1-2,5-9,13,15-16,27,29H,3-4,10-12,14H2,(H,25,34)(H,26,33). The lowest BCUT2D eigenvalue weighted by molar-refractivity contribution is -0.118. The Bertz CT molecular complexity index is 1120. The third-order valence-corrected chi connectivity index (χ3v) is 4.95. The van der Waals surface area contributed by atoms with Gasteiger partial charge in [0.15, 0.2) is 5.82 Å². The number of hydrogen-bond donors (Lipinski definition) is 4. The SMILES string of the molecule is O=C(Cc1cccnc1)Nc1cn(CCCCN2C=C(C(=O)NCc3ccccn3)NN2)nn1. The summed E-state index contributed by atoms with van der Waals surface area (Å²) < 4.78 is 1.70. The minimum atomic E-state index is -0.207. The average molecular weight is 463 g/mol. The first-order chi connectivity index (χ1) is 16.7. The zero-order chi connectivity index (χ0) is 23.6. The van der Waals surface area contributed by atoms with E-state index in [1.54, 1.807) is 41.7 Å². The number of hydrogen-bond acceptors (Lipinski definition) is 9. The number of carbonyl (C=O) groups is 2. The maximum atomic E-state index is 12.3. The third kappa shape index (κ3) is 6.84. The third-order valence-electron chi connectivity index (χ3n) is 4.95. The van der Waals surface area contributed by atoms with Crippen molar-refractivity contribution in [3.8, 4) is 0 Å². The fourth-order valence-corrected chi connectivity index (χ4v) is 3.25. The summed E-state index contributed by atoms with van der Waals surface area (Å²) in [6.45, 7) is 1.73. The quantitative estimate of drug-likeness (QED) is 0.300. The Morgan fingerprint density at radius 3 is 2.79 bits per heavy atom. The van der Waals surface area contributed by atoms with Crippen molar-refractivity contribution in [2.24, 2.45) is 0 Å². The molecule has 12 heteroatoms. The molecule has 1 aliphatic rings. The van der Waals surface area contributed by atoms with Crippen LogP contribution in [0, 0.1) is 0 Å². The predicted molar refractivity (Wildman–Crippen MR) is 123 cm³/mol. The molecule has 176 valence electrons. The summed E-state index contributed by atoms with van der Waals surface area (Å²) in [6.07, 6.45) is 10.4. The van der Waals surface area contributed by atoms with E-state index >= 15 is 0 Å². The number of amides is 2. The summed E-state index contributed by atoms with van der Waals surface area (Å²) in [5.41, 5.74) is 7.90. The van der Waals surface area contributed by atoms with Crippen molar-refractivity contribution in [1.29, 1.82) is 0 Å². The van der Waals surface area contributed by atoms with Crippen LogP contribution in [0.1, 0.15) is 24.1 Å². The van der Waals surface area contributed by atoms with Gasteiger partial charge in [-0.05, 0) is 36.6 Å². The summed E-state index contributed by atoms with van der Waals surface area (Å²) in [5, 5.41) is 15.4. The van der Waals surface area contributed by atoms with E-state index in [2.05, 4.69) is 41.9 Å². The van der Waals surface area contributed by atoms with Crippen LogP contribution in [0.3, 0.4) is 0 Å². The number of carbonyl (C=O) groups excluding carboxylic acids is 2. The monoisotopic (exact) mass is 462 g/mol. The van der Waals surface area contributed by atoms with E-state index in [9.17, 15) is 9.59 Å². The van der Waals surface area contributed by atoms with Gasteiger partial charge < -0.3 is 10.6 Å². The van der Waals surface area contributed by atoms with Gasteiger partial charge in [0.2, 0.25) is 5.91 Å². The molecule has 34 heavy (non-hydrogen) atoms. The molecule has 12 nitrogen and oxygen atoms in total. The van der Waals surface area contributed by atoms with Crippen LogP contribution < -0.4 is 21.6 Å². The van der Waals surface area contributed by atoms with Gasteiger partial charge in [-0.2, -0.15) is 0 Å². The molecule has 3 aromatic rings. The maximum absolute atomic E-state index is 12.3. The van der Waals surface area contributed by atoms with Gasteiger partial charge in [-0.1, -0.05) is 17.3 Å². The van der Waals surface area contributed by atoms with E-state index < -0.39 is 0 Å². The number of rotatable bonds is 11. The number of nitrogens with one attached hydrogen (secondary N) is 4. The molecular formula is C22H26N10O2. The van der Waals surface area contributed by atoms with Crippen molar-refractivity contribution < 1.29 is 9.59 Å². The van der Waals surface area contributed by atoms with Gasteiger partial charge in [-0.3, -0.25) is 34.7 Å². The van der Waals surface area contributed by atoms with Crippen LogP contribution in [0.15, 0.2) is 67.0 Å². The molecule has 0 spiro atoms. The molecule has 0 atom stereocenters. The van der Waals surface area contributed by atoms with E-state index in [0.29, 0.717) is 31.1 Å². The highest BCUT2D eigenvalue weighted by Crippen LogP contribution is 2.06. The van der Waals surface area contributed by atoms with Crippen molar-refractivity contribution >= 4 is 17.6 Å². The first-order valence-electron chi connectivity index (χ1n) is 10.9. The van der Waals surface area contributed by atoms with Gasteiger partial charge in [0.25, 0.3) is 5.91 Å². The Morgan fingerprint density at radius 2 is 1.97 bits per heavy atom. The lowest BCUT2D eigenvalue weighted by atomic mass is 10.2. The van der Waals surface area contributed by atoms with Gasteiger partial charge in [0.1, 0.15) is 5.70 Å². The van der Waals surface area contributed by atoms with Gasteiger partial charge in [-0.25, -0.2) is 0 Å². The number of pyridine rings is 2. The Labute approximate surface area is 196 Å². The van der Waals surface area contributed by atoms with Gasteiger partial charge in [0.05, 0.1) is 24.9 Å². The number of anilines is 1. The van der Waals surface area contributed by atoms with Crippen LogP contribution in [0.2, 0.25) is 0 Å². The van der Waals surface area contributed by atoms with Crippen LogP contribution >= 0.6 is 0 Å². The van der Waals surface area contributed by atoms with Crippen molar-refractivity contribution in [1.82, 2.24) is 46.2 Å². The van der Waals surface area contributed by atoms with E-state index in [1.165, 1.54) is 0 Å². The maximum Gasteiger partial charge on any atom is 0.270 e. The van der Waals surface area contributed by atoms with Gasteiger partial charge in [0, 0.05) is 37.9 Å². The lowest BCUT2D eigenvalue weighted by Crippen LogP contribution is -2.39. The molecular weight excluding hydrogens is 436 g/mol. The van der Waals surface area contributed by atoms with Crippen LogP contribution in [-0.4, -0.2) is 48.3 Å². The fraction of sp³-hybridized carbons (Fsp3) is 0.273. The zero-order valence-electron chi connectivity index (χ0n) is 18.5. The van der Waals surface area contributed by atoms with Gasteiger partial charge in [-0.15, -0.1) is 10.6 Å². The molecule has 0 saturated heterocycles. The summed E-state index contributed by atoms with van der Waals surface area (Å²) in [5.74, 6) is 0.0456. The molecule has 1 aliphatic heterocycles. The fourth-order valence-electron chi connectivity index (χ4n) is 3.25. The molecule has 0 saturated carbocycles. The number of aromatic nitrogens is 5. The second-order valence-corrected chi connectivity index (χ2v) is 7.64. The van der Waals surface area contributed by atoms with E-state index in [-0.39, 0.29) is 18.2 Å². The summed E-state index contributed by atoms with van der Waals surface area (Å²) in [7, 11) is 0. The van der Waals surface area contributed by atoms with Crippen LogP contribution in [0.25, 0.3) is 0 Å². The Kier molecular flexibility index (Phi) is 7.74. The first kappa shape index (κ1) is 22.9. The molecule has 0 aliphatic carbocycles. The molecule has 0 unspecified atom stereocenters. The topological polar surface area (TPSA) is 142 Å². The smallest absolute Gasteiger partial charge is 0.270 e. The minimum absolute atomic E-state index is 0.167. The normalized spacial score (nSPS) is 12.7. The number of nitrogens with zero attached hydrogens (tertiary/aromatic N) is 6. The van der Waals surface area contributed by atoms with Crippen molar-refractivity contribution in [3.63, 3.8) is 0 Å². The summed E-state index contributed by atoms with van der Waals surface area (Å²) in [6, 6.07) is 9.21. The highest BCUT2D eigenvalue weighted by Gasteiger charge is 2.17. The van der Waals surface area contributed by atoms with Crippen molar-refractivity contribution in [2.45, 2.75) is 32.4 Å². The summed E-state index contributed by atoms with van der Waals surface area (Å²) >= 11 is 0. The van der Waals surface area contributed by atoms with Crippen molar-refractivity contribution in [2.75, 3.05) is 11.9 Å². The molecule has 0 fully saturated rings. The summed E-state index contributed by atoms with van der Waals surface area (Å²) in [4.78, 5) is 32.6. The number of unbranched alkanes of at least 4 members (excludes halogenated alkanes) is 1. The van der Waals surface area contributed by atoms with Crippen LogP contribution in [0.5, 0.6) is 0 Å². The highest BCUT2D eigenvalue weighted by atomic mass is 16.2. The van der Waals surface area contributed by atoms with Crippen LogP contribution in [0.4, 0.5) is 5.82 Å². The molecule has 2 amide bonds. The molecule has 3 aromatic heterocycles. The molecule has 0 radical (unpaired) electrons. The second-order valence-electron chi connectivity index (χ2n) is 7.64. The second kappa shape index (κ2) is 11.5. The average Bonchev–Trinajstić information content (AvgIpc) is 3.51.